The van der Waals surface area contributed by atoms with Gasteiger partial charge >= 0.3 is 12.1 Å². The molecule has 0 aliphatic carbocycles. The van der Waals surface area contributed by atoms with E-state index in [0.29, 0.717) is 35.8 Å². The van der Waals surface area contributed by atoms with Crippen LogP contribution in [0.3, 0.4) is 0 Å². The minimum atomic E-state index is -0.994. The van der Waals surface area contributed by atoms with Crippen molar-refractivity contribution in [3.8, 4) is 6.07 Å². The highest BCUT2D eigenvalue weighted by atomic mass is 16.4. The average Bonchev–Trinajstić information content (AvgIpc) is 2.86. The molecule has 4 amide bonds. The first-order chi connectivity index (χ1) is 18.0. The number of anilines is 1. The number of hydrogen-bond acceptors (Lipinski definition) is 4. The van der Waals surface area contributed by atoms with Crippen LogP contribution in [0, 0.1) is 23.7 Å². The number of nitriles is 1. The highest BCUT2D eigenvalue weighted by Gasteiger charge is 2.49. The number of benzene rings is 2. The van der Waals surface area contributed by atoms with Gasteiger partial charge in [0.15, 0.2) is 0 Å². The number of amides is 4. The number of nitrogens with one attached hydrogen (secondary N) is 2. The molecule has 2 heterocycles. The van der Waals surface area contributed by atoms with Crippen LogP contribution in [0.4, 0.5) is 15.3 Å². The zero-order valence-electron chi connectivity index (χ0n) is 22.3. The minimum Gasteiger partial charge on any atom is -0.465 e. The van der Waals surface area contributed by atoms with Gasteiger partial charge in [0.1, 0.15) is 0 Å². The molecule has 2 fully saturated rings. The Morgan fingerprint density at radius 3 is 2.29 bits per heavy atom. The van der Waals surface area contributed by atoms with Gasteiger partial charge in [0, 0.05) is 30.9 Å². The van der Waals surface area contributed by atoms with Crippen molar-refractivity contribution in [2.75, 3.05) is 25.0 Å². The van der Waals surface area contributed by atoms with E-state index < -0.39 is 12.1 Å². The molecule has 0 radical (unpaired) electrons. The molecule has 9 nitrogen and oxygen atoms in total. The van der Waals surface area contributed by atoms with Gasteiger partial charge in [-0.1, -0.05) is 39.0 Å². The molecule has 0 bridgehead atoms. The van der Waals surface area contributed by atoms with Crippen LogP contribution in [-0.2, 0) is 0 Å². The van der Waals surface area contributed by atoms with Gasteiger partial charge in [0.25, 0.3) is 5.91 Å². The fourth-order valence-corrected chi connectivity index (χ4v) is 5.54. The van der Waals surface area contributed by atoms with Crippen molar-refractivity contribution in [2.45, 2.75) is 58.5 Å². The summed E-state index contributed by atoms with van der Waals surface area (Å²) in [6.45, 7) is 9.22. The van der Waals surface area contributed by atoms with Crippen LogP contribution in [-0.4, -0.2) is 64.7 Å². The zero-order valence-corrected chi connectivity index (χ0v) is 22.3. The van der Waals surface area contributed by atoms with Crippen LogP contribution in [0.2, 0.25) is 0 Å². The Morgan fingerprint density at radius 1 is 1.05 bits per heavy atom. The summed E-state index contributed by atoms with van der Waals surface area (Å²) in [6.07, 6.45) is 0.702. The van der Waals surface area contributed by atoms with Crippen molar-refractivity contribution in [2.24, 2.45) is 5.41 Å². The summed E-state index contributed by atoms with van der Waals surface area (Å²) in [5, 5.41) is 24.2. The summed E-state index contributed by atoms with van der Waals surface area (Å²) in [5.41, 5.74) is 3.38. The number of hydrogen-bond donors (Lipinski definition) is 3. The minimum absolute atomic E-state index is 0.0735. The highest BCUT2D eigenvalue weighted by molar-refractivity contribution is 5.97. The molecule has 2 aliphatic heterocycles. The van der Waals surface area contributed by atoms with Crippen LogP contribution < -0.4 is 10.6 Å². The second-order valence-corrected chi connectivity index (χ2v) is 11.3. The fourth-order valence-electron chi connectivity index (χ4n) is 5.54. The lowest BCUT2D eigenvalue weighted by atomic mass is 9.76. The molecule has 2 atom stereocenters. The third-order valence-electron chi connectivity index (χ3n) is 7.59. The largest absolute Gasteiger partial charge is 0.465 e. The molecule has 0 spiro atoms. The van der Waals surface area contributed by atoms with Crippen molar-refractivity contribution in [3.63, 3.8) is 0 Å². The second-order valence-electron chi connectivity index (χ2n) is 11.3. The van der Waals surface area contributed by atoms with Crippen molar-refractivity contribution in [1.82, 2.24) is 15.1 Å². The monoisotopic (exact) mass is 517 g/mol. The zero-order chi connectivity index (χ0) is 27.6. The number of carboxylic acid groups (broad SMARTS) is 1. The molecule has 9 heteroatoms. The number of urea groups is 1. The smallest absolute Gasteiger partial charge is 0.407 e. The maximum atomic E-state index is 13.3. The lowest BCUT2D eigenvalue weighted by molar-refractivity contribution is -0.00756. The lowest BCUT2D eigenvalue weighted by Gasteiger charge is -2.52. The molecule has 200 valence electrons. The predicted octanol–water partition coefficient (Wildman–Crippen LogP) is 4.78. The molecule has 2 unspecified atom stereocenters. The Bertz CT molecular complexity index is 1250. The molecule has 0 saturated carbocycles. The van der Waals surface area contributed by atoms with Crippen molar-refractivity contribution in [1.29, 1.82) is 5.26 Å². The van der Waals surface area contributed by atoms with Gasteiger partial charge < -0.3 is 25.5 Å². The van der Waals surface area contributed by atoms with Crippen molar-refractivity contribution < 1.29 is 19.5 Å². The van der Waals surface area contributed by atoms with Gasteiger partial charge in [-0.2, -0.15) is 5.26 Å². The van der Waals surface area contributed by atoms with E-state index in [0.717, 1.165) is 18.4 Å². The van der Waals surface area contributed by atoms with Gasteiger partial charge in [-0.3, -0.25) is 4.79 Å². The van der Waals surface area contributed by atoms with Crippen molar-refractivity contribution in [3.05, 3.63) is 64.7 Å². The molecule has 2 aromatic carbocycles. The van der Waals surface area contributed by atoms with E-state index in [2.05, 4.69) is 16.7 Å². The Labute approximate surface area is 223 Å². The number of rotatable bonds is 4. The number of carbonyl (C=O) groups excluding carboxylic acids is 2. The van der Waals surface area contributed by atoms with Gasteiger partial charge in [-0.15, -0.1) is 0 Å². The highest BCUT2D eigenvalue weighted by Crippen LogP contribution is 2.34. The first-order valence-electron chi connectivity index (χ1n) is 12.9. The van der Waals surface area contributed by atoms with Gasteiger partial charge in [-0.05, 0) is 66.5 Å². The SMILES string of the molecule is Cc1ccc(C(=O)N2CCC(c3ccc(C#N)cc3)CC2)cc1NC(=O)NC1CN(C(=O)O)C1C(C)(C)C. The molecule has 2 saturated heterocycles. The maximum Gasteiger partial charge on any atom is 0.407 e. The maximum absolute atomic E-state index is 13.3. The number of likely N-dealkylation sites (tertiary alicyclic amines) is 2. The summed E-state index contributed by atoms with van der Waals surface area (Å²) in [5.74, 6) is 0.279. The van der Waals surface area contributed by atoms with E-state index in [1.54, 1.807) is 12.1 Å². The predicted molar refractivity (Wildman–Crippen MR) is 144 cm³/mol. The Balaban J connectivity index is 1.36. The van der Waals surface area contributed by atoms with E-state index in [1.165, 1.54) is 10.5 Å². The molecule has 2 aromatic rings. The normalized spacial score (nSPS) is 19.8. The standard InChI is InChI=1S/C29H35N5O4/c1-18-5-8-22(26(35)33-13-11-21(12-14-33)20-9-6-19(16-30)7-10-20)15-23(18)31-27(36)32-24-17-34(28(37)38)25(24)29(2,3)4/h5-10,15,21,24-25H,11-14,17H2,1-4H3,(H,37,38)(H2,31,32,36). The van der Waals surface area contributed by atoms with E-state index in [-0.39, 0.29) is 30.0 Å². The van der Waals surface area contributed by atoms with Crippen LogP contribution in [0.15, 0.2) is 42.5 Å². The number of piperidine rings is 1. The first kappa shape index (κ1) is 27.0. The van der Waals surface area contributed by atoms with Crippen LogP contribution in [0.25, 0.3) is 0 Å². The Morgan fingerprint density at radius 2 is 1.71 bits per heavy atom. The quantitative estimate of drug-likeness (QED) is 0.538. The Kier molecular flexibility index (Phi) is 7.63. The van der Waals surface area contributed by atoms with Crippen LogP contribution in [0.5, 0.6) is 0 Å². The lowest BCUT2D eigenvalue weighted by Crippen LogP contribution is -2.72. The summed E-state index contributed by atoms with van der Waals surface area (Å²) in [4.78, 5) is 40.8. The van der Waals surface area contributed by atoms with Gasteiger partial charge in [0.05, 0.1) is 23.7 Å². The average molecular weight is 518 g/mol. The molecule has 4 rings (SSSR count). The third-order valence-corrected chi connectivity index (χ3v) is 7.59. The number of aryl methyl sites for hydroxylation is 1. The van der Waals surface area contributed by atoms with E-state index in [1.807, 2.05) is 62.9 Å². The van der Waals surface area contributed by atoms with E-state index >= 15 is 0 Å². The number of carbonyl (C=O) groups is 3. The van der Waals surface area contributed by atoms with Gasteiger partial charge in [-0.25, -0.2) is 9.59 Å². The summed E-state index contributed by atoms with van der Waals surface area (Å²) in [7, 11) is 0. The molecular weight excluding hydrogens is 482 g/mol. The summed E-state index contributed by atoms with van der Waals surface area (Å²) in [6, 6.07) is 14.0. The Hall–Kier alpha value is -4.06. The van der Waals surface area contributed by atoms with Crippen LogP contribution in [0.1, 0.15) is 66.6 Å². The van der Waals surface area contributed by atoms with E-state index in [9.17, 15) is 19.5 Å². The molecule has 0 aromatic heterocycles. The van der Waals surface area contributed by atoms with Gasteiger partial charge in [0.2, 0.25) is 0 Å². The molecule has 2 aliphatic rings. The van der Waals surface area contributed by atoms with Crippen LogP contribution >= 0.6 is 0 Å². The summed E-state index contributed by atoms with van der Waals surface area (Å²) < 4.78 is 0. The topological polar surface area (TPSA) is 126 Å². The first-order valence-corrected chi connectivity index (χ1v) is 12.9. The molecule has 38 heavy (non-hydrogen) atoms. The third kappa shape index (κ3) is 5.75. The summed E-state index contributed by atoms with van der Waals surface area (Å²) >= 11 is 0. The molecule has 3 N–H and O–H groups in total. The number of nitrogens with zero attached hydrogens (tertiary/aromatic N) is 3. The fraction of sp³-hybridized carbons (Fsp3) is 0.448. The van der Waals surface area contributed by atoms with Crippen molar-refractivity contribution >= 4 is 23.7 Å². The van der Waals surface area contributed by atoms with E-state index in [4.69, 9.17) is 5.26 Å². The molecular formula is C29H35N5O4. The second kappa shape index (κ2) is 10.7.